The number of likely N-dealkylation sites (N-methyl/N-ethyl adjacent to an activating group) is 1. The van der Waals surface area contributed by atoms with E-state index in [0.717, 1.165) is 11.3 Å². The summed E-state index contributed by atoms with van der Waals surface area (Å²) in [6.45, 7) is 0.455. The molecule has 0 aliphatic carbocycles. The number of amides is 2. The molecule has 3 rings (SSSR count). The van der Waals surface area contributed by atoms with Crippen LogP contribution in [0, 0.1) is 0 Å². The molecule has 0 spiro atoms. The van der Waals surface area contributed by atoms with Crippen molar-refractivity contribution >= 4 is 47.3 Å². The Bertz CT molecular complexity index is 866. The fraction of sp³-hybridized carbons (Fsp3) is 0.333. The number of aliphatic carboxylic acids is 1. The zero-order valence-corrected chi connectivity index (χ0v) is 16.1. The van der Waals surface area contributed by atoms with Gasteiger partial charge in [-0.25, -0.2) is 0 Å². The normalized spacial score (nSPS) is 17.9. The van der Waals surface area contributed by atoms with Crippen molar-refractivity contribution in [2.45, 2.75) is 31.0 Å². The van der Waals surface area contributed by atoms with Crippen LogP contribution in [-0.4, -0.2) is 94.0 Å². The molecule has 1 fully saturated rings. The SMILES string of the molecule is CN(CCc1ccccn1)C(=O)[C@H](Cc1ccccc1)NC(=O)[C@H]1N[C@@H]1C(=O)O.[NaH]. The second kappa shape index (κ2) is 11.2. The van der Waals surface area contributed by atoms with Crippen LogP contribution in [-0.2, 0) is 27.2 Å². The molecule has 2 heterocycles. The standard InChI is InChI=1S/C21H24N4O4.Na.H/c1-25(12-10-15-9-5-6-11-22-15)20(27)16(13-14-7-3-2-4-8-14)23-19(26)17-18(24-17)21(28)29;;/h2-9,11,16-18,24H,10,12-13H2,1H3,(H,23,26)(H,28,29);;/t16-,17-,18-;;/m0../s1. The van der Waals surface area contributed by atoms with Crippen molar-refractivity contribution in [1.82, 2.24) is 20.5 Å². The maximum absolute atomic E-state index is 13.0. The van der Waals surface area contributed by atoms with Crippen molar-refractivity contribution in [2.75, 3.05) is 13.6 Å². The zero-order chi connectivity index (χ0) is 20.8. The first-order valence-corrected chi connectivity index (χ1v) is 9.43. The number of nitrogens with one attached hydrogen (secondary N) is 2. The number of carboxylic acid groups (broad SMARTS) is 1. The quantitative estimate of drug-likeness (QED) is 0.375. The molecule has 1 aromatic heterocycles. The van der Waals surface area contributed by atoms with E-state index in [-0.39, 0.29) is 35.5 Å². The Morgan fingerprint density at radius 2 is 1.83 bits per heavy atom. The van der Waals surface area contributed by atoms with Gasteiger partial charge in [-0.2, -0.15) is 0 Å². The molecule has 3 N–H and O–H groups in total. The second-order valence-corrected chi connectivity index (χ2v) is 7.04. The number of nitrogens with zero attached hydrogens (tertiary/aromatic N) is 2. The van der Waals surface area contributed by atoms with Gasteiger partial charge in [0, 0.05) is 38.3 Å². The Morgan fingerprint density at radius 1 is 1.13 bits per heavy atom. The van der Waals surface area contributed by atoms with Crippen LogP contribution < -0.4 is 10.6 Å². The monoisotopic (exact) mass is 420 g/mol. The Balaban J connectivity index is 0.00000320. The van der Waals surface area contributed by atoms with Crippen molar-refractivity contribution in [3.05, 3.63) is 66.0 Å². The molecule has 1 aliphatic heterocycles. The molecule has 0 radical (unpaired) electrons. The molecule has 8 nitrogen and oxygen atoms in total. The first kappa shape index (κ1) is 24.0. The van der Waals surface area contributed by atoms with Gasteiger partial charge >= 0.3 is 35.5 Å². The van der Waals surface area contributed by atoms with Gasteiger partial charge in [-0.05, 0) is 17.7 Å². The summed E-state index contributed by atoms with van der Waals surface area (Å²) in [4.78, 5) is 42.2. The van der Waals surface area contributed by atoms with Crippen LogP contribution in [0.5, 0.6) is 0 Å². The van der Waals surface area contributed by atoms with Crippen LogP contribution >= 0.6 is 0 Å². The number of aromatic nitrogens is 1. The summed E-state index contributed by atoms with van der Waals surface area (Å²) >= 11 is 0. The fourth-order valence-electron chi connectivity index (χ4n) is 3.09. The molecule has 154 valence electrons. The third-order valence-electron chi connectivity index (χ3n) is 4.83. The number of pyridine rings is 1. The van der Waals surface area contributed by atoms with Gasteiger partial charge in [0.25, 0.3) is 0 Å². The molecule has 3 atom stereocenters. The molecule has 2 amide bonds. The predicted octanol–water partition coefficient (Wildman–Crippen LogP) is -0.413. The molecular weight excluding hydrogens is 395 g/mol. The summed E-state index contributed by atoms with van der Waals surface area (Å²) in [7, 11) is 1.69. The van der Waals surface area contributed by atoms with Gasteiger partial charge in [0.15, 0.2) is 0 Å². The average molecular weight is 420 g/mol. The predicted molar refractivity (Wildman–Crippen MR) is 113 cm³/mol. The Labute approximate surface area is 197 Å². The Kier molecular flexibility index (Phi) is 8.98. The maximum atomic E-state index is 13.0. The first-order valence-electron chi connectivity index (χ1n) is 9.43. The molecule has 30 heavy (non-hydrogen) atoms. The molecule has 1 saturated heterocycles. The molecule has 9 heteroatoms. The van der Waals surface area contributed by atoms with Crippen LogP contribution in [0.15, 0.2) is 54.7 Å². The van der Waals surface area contributed by atoms with E-state index in [4.69, 9.17) is 5.11 Å². The van der Waals surface area contributed by atoms with Crippen molar-refractivity contribution in [3.8, 4) is 0 Å². The third kappa shape index (κ3) is 6.63. The van der Waals surface area contributed by atoms with Crippen molar-refractivity contribution in [1.29, 1.82) is 0 Å². The van der Waals surface area contributed by atoms with E-state index in [1.165, 1.54) is 0 Å². The summed E-state index contributed by atoms with van der Waals surface area (Å²) in [5.74, 6) is -1.79. The van der Waals surface area contributed by atoms with Crippen LogP contribution in [0.3, 0.4) is 0 Å². The van der Waals surface area contributed by atoms with Gasteiger partial charge in [-0.3, -0.25) is 24.7 Å². The Hall–Kier alpha value is -2.26. The number of carbonyl (C=O) groups is 3. The topological polar surface area (TPSA) is 122 Å². The number of carboxylic acids is 1. The number of rotatable bonds is 9. The van der Waals surface area contributed by atoms with E-state index in [1.807, 2.05) is 48.5 Å². The van der Waals surface area contributed by atoms with E-state index in [1.54, 1.807) is 18.1 Å². The second-order valence-electron chi connectivity index (χ2n) is 7.04. The number of hydrogen-bond acceptors (Lipinski definition) is 5. The van der Waals surface area contributed by atoms with Crippen molar-refractivity contribution in [3.63, 3.8) is 0 Å². The van der Waals surface area contributed by atoms with Crippen LogP contribution in [0.25, 0.3) is 0 Å². The van der Waals surface area contributed by atoms with Gasteiger partial charge in [0.1, 0.15) is 18.1 Å². The van der Waals surface area contributed by atoms with Gasteiger partial charge < -0.3 is 15.3 Å². The summed E-state index contributed by atoms with van der Waals surface area (Å²) < 4.78 is 0. The number of benzene rings is 1. The van der Waals surface area contributed by atoms with E-state index in [2.05, 4.69) is 15.6 Å². The molecule has 0 saturated carbocycles. The van der Waals surface area contributed by atoms with Gasteiger partial charge in [0.05, 0.1) is 0 Å². The molecule has 0 unspecified atom stereocenters. The van der Waals surface area contributed by atoms with E-state index >= 15 is 0 Å². The summed E-state index contributed by atoms with van der Waals surface area (Å²) in [6.07, 6.45) is 2.63. The summed E-state index contributed by atoms with van der Waals surface area (Å²) in [6, 6.07) is 12.5. The number of carbonyl (C=O) groups excluding carboxylic acids is 2. The van der Waals surface area contributed by atoms with Crippen LogP contribution in [0.2, 0.25) is 0 Å². The molecule has 1 aromatic carbocycles. The Morgan fingerprint density at radius 3 is 2.43 bits per heavy atom. The molecule has 1 aliphatic rings. The van der Waals surface area contributed by atoms with Crippen molar-refractivity contribution < 1.29 is 19.5 Å². The molecule has 0 bridgehead atoms. The first-order chi connectivity index (χ1) is 14.0. The van der Waals surface area contributed by atoms with Crippen molar-refractivity contribution in [2.24, 2.45) is 0 Å². The molecular formula is C21H25N4NaO4. The van der Waals surface area contributed by atoms with Gasteiger partial charge in [-0.15, -0.1) is 0 Å². The minimum absolute atomic E-state index is 0. The zero-order valence-electron chi connectivity index (χ0n) is 16.1. The van der Waals surface area contributed by atoms with Crippen LogP contribution in [0.4, 0.5) is 0 Å². The van der Waals surface area contributed by atoms with E-state index in [9.17, 15) is 14.4 Å². The van der Waals surface area contributed by atoms with E-state index < -0.39 is 30.0 Å². The van der Waals surface area contributed by atoms with Gasteiger partial charge in [-0.1, -0.05) is 36.4 Å². The summed E-state index contributed by atoms with van der Waals surface area (Å²) in [5, 5.41) is 14.3. The fourth-order valence-corrected chi connectivity index (χ4v) is 3.09. The third-order valence-corrected chi connectivity index (χ3v) is 4.83. The molecule has 2 aromatic rings. The van der Waals surface area contributed by atoms with Crippen LogP contribution in [0.1, 0.15) is 11.3 Å². The number of hydrogen-bond donors (Lipinski definition) is 3. The van der Waals surface area contributed by atoms with E-state index in [0.29, 0.717) is 19.4 Å². The summed E-state index contributed by atoms with van der Waals surface area (Å²) in [5.41, 5.74) is 1.78. The minimum atomic E-state index is -1.08. The average Bonchev–Trinajstić information content (AvgIpc) is 3.54. The van der Waals surface area contributed by atoms with Gasteiger partial charge in [0.2, 0.25) is 11.8 Å².